The van der Waals surface area contributed by atoms with Gasteiger partial charge in [-0.3, -0.25) is 0 Å². The Morgan fingerprint density at radius 2 is 2.31 bits per heavy atom. The predicted molar refractivity (Wildman–Crippen MR) is 61.0 cm³/mol. The maximum Gasteiger partial charge on any atom is 0.355 e. The highest BCUT2D eigenvalue weighted by molar-refractivity contribution is 9.10. The van der Waals surface area contributed by atoms with E-state index in [0.29, 0.717) is 9.50 Å². The molecule has 2 aromatic rings. The summed E-state index contributed by atoms with van der Waals surface area (Å²) in [4.78, 5) is 15.0. The van der Waals surface area contributed by atoms with Crippen molar-refractivity contribution in [2.24, 2.45) is 0 Å². The summed E-state index contributed by atoms with van der Waals surface area (Å²) in [5.74, 6) is -0.821. The highest BCUT2D eigenvalue weighted by Gasteiger charge is 2.19. The van der Waals surface area contributed by atoms with Gasteiger partial charge in [-0.25, -0.2) is 14.5 Å². The number of hydrogen-bond donors (Lipinski definition) is 1. The van der Waals surface area contributed by atoms with Crippen molar-refractivity contribution >= 4 is 33.5 Å². The number of rotatable bonds is 2. The van der Waals surface area contributed by atoms with Crippen LogP contribution < -0.4 is 0 Å². The van der Waals surface area contributed by atoms with Crippen LogP contribution in [-0.2, 0) is 0 Å². The minimum absolute atomic E-state index is 0.0133. The molecule has 0 bridgehead atoms. The molecule has 16 heavy (non-hydrogen) atoms. The molecule has 7 heteroatoms. The van der Waals surface area contributed by atoms with Crippen LogP contribution in [-0.4, -0.2) is 25.8 Å². The molecule has 82 valence electrons. The lowest BCUT2D eigenvalue weighted by atomic mass is 10.4. The molecule has 2 heterocycles. The third-order valence-electron chi connectivity index (χ3n) is 1.87. The standard InChI is InChI=1S/C9H5BrClN3O2/c10-5-4-13-14(7(5)9(15)16)8-6(11)2-1-3-12-8/h1-4H,(H,15,16). The molecule has 2 rings (SSSR count). The number of aromatic nitrogens is 3. The van der Waals surface area contributed by atoms with Crippen molar-refractivity contribution in [3.8, 4) is 5.82 Å². The second-order valence-corrected chi connectivity index (χ2v) is 4.13. The van der Waals surface area contributed by atoms with Gasteiger partial charge in [0.2, 0.25) is 0 Å². The predicted octanol–water partition coefficient (Wildman–Crippen LogP) is 2.38. The Morgan fingerprint density at radius 1 is 1.56 bits per heavy atom. The van der Waals surface area contributed by atoms with E-state index in [4.69, 9.17) is 16.7 Å². The molecular formula is C9H5BrClN3O2. The van der Waals surface area contributed by atoms with Crippen LogP contribution in [0, 0.1) is 0 Å². The summed E-state index contributed by atoms with van der Waals surface area (Å²) in [6.07, 6.45) is 2.90. The van der Waals surface area contributed by atoms with Crippen molar-refractivity contribution < 1.29 is 9.90 Å². The maximum atomic E-state index is 11.0. The van der Waals surface area contributed by atoms with Gasteiger partial charge in [0.15, 0.2) is 11.5 Å². The average Bonchev–Trinajstić information content (AvgIpc) is 2.61. The van der Waals surface area contributed by atoms with Gasteiger partial charge in [-0.1, -0.05) is 11.6 Å². The van der Waals surface area contributed by atoms with Gasteiger partial charge >= 0.3 is 5.97 Å². The van der Waals surface area contributed by atoms with Gasteiger partial charge in [-0.15, -0.1) is 0 Å². The first-order valence-corrected chi connectivity index (χ1v) is 5.36. The maximum absolute atomic E-state index is 11.0. The zero-order valence-electron chi connectivity index (χ0n) is 7.76. The molecule has 5 nitrogen and oxygen atoms in total. The fourth-order valence-corrected chi connectivity index (χ4v) is 1.85. The van der Waals surface area contributed by atoms with Gasteiger partial charge in [0.1, 0.15) is 0 Å². The smallest absolute Gasteiger partial charge is 0.355 e. The third-order valence-corrected chi connectivity index (χ3v) is 2.74. The van der Waals surface area contributed by atoms with E-state index in [1.807, 2.05) is 0 Å². The van der Waals surface area contributed by atoms with Crippen LogP contribution >= 0.6 is 27.5 Å². The van der Waals surface area contributed by atoms with Crippen LogP contribution in [0.15, 0.2) is 29.0 Å². The molecule has 0 aliphatic heterocycles. The van der Waals surface area contributed by atoms with Gasteiger partial charge in [0, 0.05) is 6.20 Å². The van der Waals surface area contributed by atoms with Crippen molar-refractivity contribution in [3.63, 3.8) is 0 Å². The zero-order valence-corrected chi connectivity index (χ0v) is 10.1. The van der Waals surface area contributed by atoms with Crippen LogP contribution in [0.4, 0.5) is 0 Å². The normalized spacial score (nSPS) is 10.4. The van der Waals surface area contributed by atoms with Gasteiger partial charge < -0.3 is 5.11 Å². The molecule has 0 unspecified atom stereocenters. The van der Waals surface area contributed by atoms with Gasteiger partial charge in [0.05, 0.1) is 15.7 Å². The third kappa shape index (κ3) is 1.81. The quantitative estimate of drug-likeness (QED) is 0.925. The molecule has 0 spiro atoms. The average molecular weight is 303 g/mol. The molecule has 2 aromatic heterocycles. The van der Waals surface area contributed by atoms with Crippen molar-refractivity contribution in [1.82, 2.24) is 14.8 Å². The van der Waals surface area contributed by atoms with E-state index in [1.165, 1.54) is 17.1 Å². The summed E-state index contributed by atoms with van der Waals surface area (Å²) in [5.41, 5.74) is -0.0133. The lowest BCUT2D eigenvalue weighted by Gasteiger charge is -2.04. The van der Waals surface area contributed by atoms with E-state index in [1.54, 1.807) is 12.1 Å². The molecule has 1 N–H and O–H groups in total. The Labute approximate surface area is 104 Å². The summed E-state index contributed by atoms with van der Waals surface area (Å²) in [6, 6.07) is 3.27. The van der Waals surface area contributed by atoms with Gasteiger partial charge in [0.25, 0.3) is 0 Å². The number of carboxylic acids is 1. The minimum atomic E-state index is -1.11. The number of pyridine rings is 1. The van der Waals surface area contributed by atoms with Gasteiger partial charge in [-0.2, -0.15) is 5.10 Å². The van der Waals surface area contributed by atoms with Crippen LogP contribution in [0.2, 0.25) is 5.02 Å². The summed E-state index contributed by atoms with van der Waals surface area (Å²) in [6.45, 7) is 0. The van der Waals surface area contributed by atoms with E-state index in [9.17, 15) is 4.79 Å². The fourth-order valence-electron chi connectivity index (χ4n) is 1.22. The summed E-state index contributed by atoms with van der Waals surface area (Å²) in [7, 11) is 0. The Hall–Kier alpha value is -1.40. The van der Waals surface area contributed by atoms with Crippen LogP contribution in [0.1, 0.15) is 10.5 Å². The number of nitrogens with zero attached hydrogens (tertiary/aromatic N) is 3. The largest absolute Gasteiger partial charge is 0.476 e. The molecule has 0 aliphatic carbocycles. The number of hydrogen-bond acceptors (Lipinski definition) is 3. The van der Waals surface area contributed by atoms with Crippen LogP contribution in [0.5, 0.6) is 0 Å². The number of halogens is 2. The van der Waals surface area contributed by atoms with Crippen LogP contribution in [0.25, 0.3) is 5.82 Å². The molecule has 0 saturated carbocycles. The summed E-state index contributed by atoms with van der Waals surface area (Å²) < 4.78 is 1.55. The number of carbonyl (C=O) groups is 1. The Kier molecular flexibility index (Phi) is 2.93. The van der Waals surface area contributed by atoms with Crippen molar-refractivity contribution in [2.75, 3.05) is 0 Å². The fraction of sp³-hybridized carbons (Fsp3) is 0. The van der Waals surface area contributed by atoms with E-state index in [-0.39, 0.29) is 11.5 Å². The summed E-state index contributed by atoms with van der Waals surface area (Å²) >= 11 is 9.02. The molecule has 0 amide bonds. The zero-order chi connectivity index (χ0) is 11.7. The second kappa shape index (κ2) is 4.23. The molecular weight excluding hydrogens is 297 g/mol. The Balaban J connectivity index is 2.66. The first-order chi connectivity index (χ1) is 7.61. The van der Waals surface area contributed by atoms with Crippen LogP contribution in [0.3, 0.4) is 0 Å². The van der Waals surface area contributed by atoms with E-state index < -0.39 is 5.97 Å². The molecule has 0 radical (unpaired) electrons. The Morgan fingerprint density at radius 3 is 2.94 bits per heavy atom. The molecule has 0 aliphatic rings. The number of aromatic carboxylic acids is 1. The molecule has 0 fully saturated rings. The Bertz CT molecular complexity index is 555. The lowest BCUT2D eigenvalue weighted by Crippen LogP contribution is -2.10. The second-order valence-electron chi connectivity index (χ2n) is 2.87. The molecule has 0 aromatic carbocycles. The lowest BCUT2D eigenvalue weighted by molar-refractivity contribution is 0.0686. The highest BCUT2D eigenvalue weighted by Crippen LogP contribution is 2.23. The van der Waals surface area contributed by atoms with Crippen molar-refractivity contribution in [2.45, 2.75) is 0 Å². The SMILES string of the molecule is O=C(O)c1c(Br)cnn1-c1ncccc1Cl. The topological polar surface area (TPSA) is 68.0 Å². The number of carboxylic acid groups (broad SMARTS) is 1. The van der Waals surface area contributed by atoms with E-state index in [2.05, 4.69) is 26.0 Å². The monoisotopic (exact) mass is 301 g/mol. The highest BCUT2D eigenvalue weighted by atomic mass is 79.9. The summed E-state index contributed by atoms with van der Waals surface area (Å²) in [5, 5.41) is 13.3. The first kappa shape index (κ1) is 11.1. The van der Waals surface area contributed by atoms with E-state index >= 15 is 0 Å². The van der Waals surface area contributed by atoms with Gasteiger partial charge in [-0.05, 0) is 28.1 Å². The van der Waals surface area contributed by atoms with Crippen molar-refractivity contribution in [3.05, 3.63) is 39.7 Å². The first-order valence-electron chi connectivity index (χ1n) is 4.19. The molecule has 0 saturated heterocycles. The van der Waals surface area contributed by atoms with E-state index in [0.717, 1.165) is 0 Å². The molecule has 0 atom stereocenters. The minimum Gasteiger partial charge on any atom is -0.476 e. The van der Waals surface area contributed by atoms with Crippen molar-refractivity contribution in [1.29, 1.82) is 0 Å².